The quantitative estimate of drug-likeness (QED) is 0.478. The summed E-state index contributed by atoms with van der Waals surface area (Å²) in [5.41, 5.74) is 6.45. The molecule has 0 aliphatic heterocycles. The van der Waals surface area contributed by atoms with Gasteiger partial charge in [0, 0.05) is 7.11 Å². The van der Waals surface area contributed by atoms with E-state index in [0.717, 1.165) is 11.3 Å². The van der Waals surface area contributed by atoms with Crippen LogP contribution < -0.4 is 11.1 Å². The average Bonchev–Trinajstić information content (AvgIpc) is 2.94. The number of anilines is 1. The number of hydrogen-bond acceptors (Lipinski definition) is 6. The van der Waals surface area contributed by atoms with Crippen LogP contribution >= 0.6 is 34.5 Å². The molecule has 1 aromatic heterocycles. The largest absolute Gasteiger partial charge is 0.460 e. The van der Waals surface area contributed by atoms with Gasteiger partial charge in [-0.2, -0.15) is 0 Å². The minimum atomic E-state index is -0.696. The van der Waals surface area contributed by atoms with E-state index in [-0.39, 0.29) is 35.1 Å². The van der Waals surface area contributed by atoms with Gasteiger partial charge in [-0.15, -0.1) is 11.3 Å². The van der Waals surface area contributed by atoms with Gasteiger partial charge >= 0.3 is 5.97 Å². The van der Waals surface area contributed by atoms with Crippen molar-refractivity contribution in [3.05, 3.63) is 49.8 Å². The highest BCUT2D eigenvalue weighted by Gasteiger charge is 2.26. The summed E-state index contributed by atoms with van der Waals surface area (Å²) in [6, 6.07) is 4.84. The fraction of sp³-hybridized carbons (Fsp3) is 0.278. The van der Waals surface area contributed by atoms with Crippen LogP contribution in [0, 0.1) is 6.92 Å². The fourth-order valence-electron chi connectivity index (χ4n) is 2.38. The molecule has 0 radical (unpaired) electrons. The van der Waals surface area contributed by atoms with Gasteiger partial charge in [0.15, 0.2) is 0 Å². The molecule has 28 heavy (non-hydrogen) atoms. The molecule has 2 amide bonds. The predicted octanol–water partition coefficient (Wildman–Crippen LogP) is 3.45. The van der Waals surface area contributed by atoms with E-state index in [1.54, 1.807) is 25.1 Å². The molecule has 0 aliphatic carbocycles. The number of nitrogens with one attached hydrogen (secondary N) is 1. The number of carbonyl (C=O) groups excluding carboxylic acids is 3. The summed E-state index contributed by atoms with van der Waals surface area (Å²) in [7, 11) is 1.48. The lowest BCUT2D eigenvalue weighted by atomic mass is 10.1. The van der Waals surface area contributed by atoms with Crippen LogP contribution in [0.2, 0.25) is 10.0 Å². The zero-order valence-corrected chi connectivity index (χ0v) is 17.5. The van der Waals surface area contributed by atoms with E-state index >= 15 is 0 Å². The van der Waals surface area contributed by atoms with Crippen LogP contribution in [0.1, 0.15) is 31.2 Å². The van der Waals surface area contributed by atoms with Gasteiger partial charge < -0.3 is 20.5 Å². The molecule has 0 spiro atoms. The Balaban J connectivity index is 2.23. The molecule has 0 fully saturated rings. The summed E-state index contributed by atoms with van der Waals surface area (Å²) in [4.78, 5) is 36.7. The van der Waals surface area contributed by atoms with E-state index in [1.165, 1.54) is 7.11 Å². The van der Waals surface area contributed by atoms with E-state index in [1.807, 2.05) is 0 Å². The molecule has 1 heterocycles. The highest BCUT2D eigenvalue weighted by atomic mass is 35.5. The smallest absolute Gasteiger partial charge is 0.341 e. The second kappa shape index (κ2) is 9.88. The van der Waals surface area contributed by atoms with Crippen molar-refractivity contribution in [3.63, 3.8) is 0 Å². The molecule has 0 atom stereocenters. The van der Waals surface area contributed by atoms with Gasteiger partial charge in [-0.1, -0.05) is 29.3 Å². The number of benzene rings is 1. The Bertz CT molecular complexity index is 914. The summed E-state index contributed by atoms with van der Waals surface area (Å²) in [6.45, 7) is 1.82. The van der Waals surface area contributed by atoms with Gasteiger partial charge in [0.2, 0.25) is 5.91 Å². The van der Waals surface area contributed by atoms with Crippen LogP contribution in [-0.4, -0.2) is 38.1 Å². The molecule has 3 N–H and O–H groups in total. The first-order valence-electron chi connectivity index (χ1n) is 8.07. The third kappa shape index (κ3) is 5.45. The highest BCUT2D eigenvalue weighted by Crippen LogP contribution is 2.33. The van der Waals surface area contributed by atoms with Crippen molar-refractivity contribution in [2.75, 3.05) is 25.6 Å². The van der Waals surface area contributed by atoms with Crippen molar-refractivity contribution in [1.29, 1.82) is 0 Å². The second-order valence-corrected chi connectivity index (χ2v) is 7.56. The second-order valence-electron chi connectivity index (χ2n) is 5.73. The number of esters is 1. The van der Waals surface area contributed by atoms with E-state index in [9.17, 15) is 14.4 Å². The number of primary amides is 1. The van der Waals surface area contributed by atoms with E-state index in [2.05, 4.69) is 5.32 Å². The lowest BCUT2D eigenvalue weighted by Gasteiger charge is -2.08. The van der Waals surface area contributed by atoms with Gasteiger partial charge in [-0.25, -0.2) is 4.79 Å². The van der Waals surface area contributed by atoms with Crippen LogP contribution in [0.4, 0.5) is 5.00 Å². The number of rotatable bonds is 8. The van der Waals surface area contributed by atoms with Crippen LogP contribution in [0.25, 0.3) is 0 Å². The number of hydrogen-bond donors (Lipinski definition) is 2. The minimum absolute atomic E-state index is 0.00208. The van der Waals surface area contributed by atoms with Crippen molar-refractivity contribution < 1.29 is 23.9 Å². The minimum Gasteiger partial charge on any atom is -0.460 e. The molecule has 150 valence electrons. The molecule has 0 saturated heterocycles. The SMILES string of the molecule is COCCOC(=O)c1c(NC(=O)Cc2ccc(Cl)c(Cl)c2)sc(C(N)=O)c1C. The first-order valence-corrected chi connectivity index (χ1v) is 9.64. The molecule has 10 heteroatoms. The molecular weight excluding hydrogens is 427 g/mol. The van der Waals surface area contributed by atoms with Crippen molar-refractivity contribution in [1.82, 2.24) is 0 Å². The Kier molecular flexibility index (Phi) is 7.82. The fourth-order valence-corrected chi connectivity index (χ4v) is 3.76. The predicted molar refractivity (Wildman–Crippen MR) is 109 cm³/mol. The maximum atomic E-state index is 12.4. The standard InChI is InChI=1S/C18H18Cl2N2O5S/c1-9-14(18(25)27-6-5-26-2)17(28-15(9)16(21)24)22-13(23)8-10-3-4-11(19)12(20)7-10/h3-4,7H,5-6,8H2,1-2H3,(H2,21,24)(H,22,23). The van der Waals surface area contributed by atoms with Crippen LogP contribution in [-0.2, 0) is 20.7 Å². The lowest BCUT2D eigenvalue weighted by molar-refractivity contribution is -0.115. The maximum Gasteiger partial charge on any atom is 0.341 e. The summed E-state index contributed by atoms with van der Waals surface area (Å²) >= 11 is 12.7. The van der Waals surface area contributed by atoms with E-state index < -0.39 is 17.8 Å². The number of nitrogens with two attached hydrogens (primary N) is 1. The van der Waals surface area contributed by atoms with Gasteiger partial charge in [0.1, 0.15) is 11.6 Å². The van der Waals surface area contributed by atoms with Gasteiger partial charge in [-0.3, -0.25) is 9.59 Å². The molecule has 0 aliphatic rings. The molecule has 0 saturated carbocycles. The zero-order chi connectivity index (χ0) is 20.8. The Morgan fingerprint density at radius 3 is 2.50 bits per heavy atom. The zero-order valence-electron chi connectivity index (χ0n) is 15.1. The van der Waals surface area contributed by atoms with Gasteiger partial charge in [-0.05, 0) is 30.2 Å². The monoisotopic (exact) mass is 444 g/mol. The van der Waals surface area contributed by atoms with Crippen LogP contribution in [0.3, 0.4) is 0 Å². The third-order valence-electron chi connectivity index (χ3n) is 3.70. The van der Waals surface area contributed by atoms with E-state index in [4.69, 9.17) is 38.4 Å². The molecule has 2 aromatic rings. The highest BCUT2D eigenvalue weighted by molar-refractivity contribution is 7.18. The Morgan fingerprint density at radius 2 is 1.89 bits per heavy atom. The van der Waals surface area contributed by atoms with E-state index in [0.29, 0.717) is 21.2 Å². The molecule has 7 nitrogen and oxygen atoms in total. The molecule has 0 bridgehead atoms. The first kappa shape index (κ1) is 22.2. The summed E-state index contributed by atoms with van der Waals surface area (Å²) in [5, 5.41) is 3.55. The van der Waals surface area contributed by atoms with Crippen molar-refractivity contribution >= 4 is 57.3 Å². The number of methoxy groups -OCH3 is 1. The molecular formula is C18H18Cl2N2O5S. The van der Waals surface area contributed by atoms with Gasteiger partial charge in [0.25, 0.3) is 5.91 Å². The number of carbonyl (C=O) groups is 3. The number of thiophene rings is 1. The average molecular weight is 445 g/mol. The van der Waals surface area contributed by atoms with Crippen molar-refractivity contribution in [2.45, 2.75) is 13.3 Å². The Hall–Kier alpha value is -2.13. The maximum absolute atomic E-state index is 12.4. The number of amides is 2. The Morgan fingerprint density at radius 1 is 1.18 bits per heavy atom. The van der Waals surface area contributed by atoms with Crippen LogP contribution in [0.5, 0.6) is 0 Å². The number of halogens is 2. The molecule has 1 aromatic carbocycles. The Labute approximate surface area is 175 Å². The first-order chi connectivity index (χ1) is 13.2. The summed E-state index contributed by atoms with van der Waals surface area (Å²) < 4.78 is 9.96. The molecule has 2 rings (SSSR count). The summed E-state index contributed by atoms with van der Waals surface area (Å²) in [5.74, 6) is -1.77. The van der Waals surface area contributed by atoms with Crippen molar-refractivity contribution in [2.24, 2.45) is 5.73 Å². The van der Waals surface area contributed by atoms with Crippen molar-refractivity contribution in [3.8, 4) is 0 Å². The normalized spacial score (nSPS) is 10.6. The topological polar surface area (TPSA) is 108 Å². The summed E-state index contributed by atoms with van der Waals surface area (Å²) in [6.07, 6.45) is -0.00208. The number of ether oxygens (including phenoxy) is 2. The van der Waals surface area contributed by atoms with Crippen LogP contribution in [0.15, 0.2) is 18.2 Å². The van der Waals surface area contributed by atoms with Gasteiger partial charge in [0.05, 0.1) is 33.5 Å². The third-order valence-corrected chi connectivity index (χ3v) is 5.66. The lowest BCUT2D eigenvalue weighted by Crippen LogP contribution is -2.17. The molecule has 0 unspecified atom stereocenters.